The maximum atomic E-state index is 4.33. The van der Waals surface area contributed by atoms with Crippen LogP contribution in [0.2, 0.25) is 0 Å². The normalized spacial score (nSPS) is 22.7. The Balaban J connectivity index is 1.95. The molecule has 1 atom stereocenters. The predicted octanol–water partition coefficient (Wildman–Crippen LogP) is 1.83. The molecule has 0 fully saturated rings. The molecule has 0 amide bonds. The van der Waals surface area contributed by atoms with E-state index in [9.17, 15) is 0 Å². The van der Waals surface area contributed by atoms with Gasteiger partial charge in [0.1, 0.15) is 0 Å². The van der Waals surface area contributed by atoms with Crippen LogP contribution in [0.1, 0.15) is 4.88 Å². The van der Waals surface area contributed by atoms with Crippen molar-refractivity contribution in [3.05, 3.63) is 16.6 Å². The molecule has 0 bridgehead atoms. The second kappa shape index (κ2) is 3.36. The third-order valence-corrected chi connectivity index (χ3v) is 3.21. The van der Waals surface area contributed by atoms with Crippen LogP contribution in [0.3, 0.4) is 0 Å². The summed E-state index contributed by atoms with van der Waals surface area (Å²) in [5, 5.41) is 0. The zero-order valence-electron chi connectivity index (χ0n) is 5.93. The van der Waals surface area contributed by atoms with Gasteiger partial charge in [-0.2, -0.15) is 0 Å². The Morgan fingerprint density at radius 1 is 1.64 bits per heavy atom. The monoisotopic (exact) mass is 184 g/mol. The van der Waals surface area contributed by atoms with Crippen molar-refractivity contribution in [1.29, 1.82) is 0 Å². The standard InChI is InChI=1S/C7H8N2S2/c1(6-3-10-5-9-6)7-2-8-4-11-7/h2,4-6H,1,3H2. The van der Waals surface area contributed by atoms with Gasteiger partial charge in [-0.25, -0.2) is 0 Å². The summed E-state index contributed by atoms with van der Waals surface area (Å²) in [4.78, 5) is 9.69. The van der Waals surface area contributed by atoms with E-state index < -0.39 is 0 Å². The first-order chi connectivity index (χ1) is 5.45. The van der Waals surface area contributed by atoms with Crippen molar-refractivity contribution in [2.45, 2.75) is 12.5 Å². The SMILES string of the molecule is C1=NC(Cc2cncs2)CS1. The third kappa shape index (κ3) is 1.81. The average Bonchev–Trinajstić information content (AvgIpc) is 2.60. The van der Waals surface area contributed by atoms with E-state index in [4.69, 9.17) is 0 Å². The molecule has 1 aromatic heterocycles. The van der Waals surface area contributed by atoms with Crippen molar-refractivity contribution in [1.82, 2.24) is 4.98 Å². The molecular formula is C7H8N2S2. The molecule has 0 aliphatic carbocycles. The van der Waals surface area contributed by atoms with E-state index in [0.29, 0.717) is 6.04 Å². The summed E-state index contributed by atoms with van der Waals surface area (Å²) in [5.74, 6) is 1.14. The van der Waals surface area contributed by atoms with E-state index in [1.807, 2.05) is 17.3 Å². The lowest BCUT2D eigenvalue weighted by Gasteiger charge is -2.01. The lowest BCUT2D eigenvalue weighted by atomic mass is 10.2. The van der Waals surface area contributed by atoms with E-state index in [1.165, 1.54) is 4.88 Å². The highest BCUT2D eigenvalue weighted by atomic mass is 32.2. The van der Waals surface area contributed by atoms with Gasteiger partial charge in [0, 0.05) is 23.2 Å². The fourth-order valence-electron chi connectivity index (χ4n) is 1.01. The second-order valence-corrected chi connectivity index (χ2v) is 4.26. The summed E-state index contributed by atoms with van der Waals surface area (Å²) in [7, 11) is 0. The molecule has 2 nitrogen and oxygen atoms in total. The van der Waals surface area contributed by atoms with Crippen molar-refractivity contribution in [2.24, 2.45) is 4.99 Å². The minimum atomic E-state index is 0.500. The molecular weight excluding hydrogens is 176 g/mol. The summed E-state index contributed by atoms with van der Waals surface area (Å²) in [6.07, 6.45) is 3.00. The first-order valence-corrected chi connectivity index (χ1v) is 5.38. The second-order valence-electron chi connectivity index (χ2n) is 2.41. The van der Waals surface area contributed by atoms with Gasteiger partial charge in [-0.15, -0.1) is 23.1 Å². The van der Waals surface area contributed by atoms with Crippen LogP contribution in [0.4, 0.5) is 0 Å². The summed E-state index contributed by atoms with van der Waals surface area (Å²) >= 11 is 3.51. The largest absolute Gasteiger partial charge is 0.282 e. The number of hydrogen-bond donors (Lipinski definition) is 0. The molecule has 0 aromatic carbocycles. The highest BCUT2D eigenvalue weighted by Crippen LogP contribution is 2.17. The van der Waals surface area contributed by atoms with Crippen molar-refractivity contribution in [3.63, 3.8) is 0 Å². The first kappa shape index (κ1) is 7.31. The van der Waals surface area contributed by atoms with Gasteiger partial charge in [0.15, 0.2) is 0 Å². The molecule has 11 heavy (non-hydrogen) atoms. The number of rotatable bonds is 2. The summed E-state index contributed by atoms with van der Waals surface area (Å²) < 4.78 is 0. The number of hydrogen-bond acceptors (Lipinski definition) is 4. The Bertz CT molecular complexity index is 243. The van der Waals surface area contributed by atoms with Crippen LogP contribution in [0.5, 0.6) is 0 Å². The van der Waals surface area contributed by atoms with Crippen LogP contribution >= 0.6 is 23.1 Å². The Labute approximate surface area is 73.8 Å². The van der Waals surface area contributed by atoms with Gasteiger partial charge in [-0.05, 0) is 0 Å². The van der Waals surface area contributed by atoms with Gasteiger partial charge in [0.2, 0.25) is 0 Å². The predicted molar refractivity (Wildman–Crippen MR) is 50.6 cm³/mol. The highest BCUT2D eigenvalue weighted by molar-refractivity contribution is 8.12. The van der Waals surface area contributed by atoms with Crippen LogP contribution in [0, 0.1) is 0 Å². The van der Waals surface area contributed by atoms with Gasteiger partial charge in [0.25, 0.3) is 0 Å². The molecule has 0 spiro atoms. The number of nitrogens with zero attached hydrogens (tertiary/aromatic N) is 2. The lowest BCUT2D eigenvalue weighted by Crippen LogP contribution is -2.06. The number of thioether (sulfide) groups is 1. The molecule has 1 aliphatic heterocycles. The van der Waals surface area contributed by atoms with E-state index in [1.54, 1.807) is 23.1 Å². The van der Waals surface area contributed by atoms with Crippen LogP contribution in [0.15, 0.2) is 16.7 Å². The van der Waals surface area contributed by atoms with E-state index >= 15 is 0 Å². The Morgan fingerprint density at radius 3 is 3.27 bits per heavy atom. The lowest BCUT2D eigenvalue weighted by molar-refractivity contribution is 0.772. The summed E-state index contributed by atoms with van der Waals surface area (Å²) in [6, 6.07) is 0.500. The highest BCUT2D eigenvalue weighted by Gasteiger charge is 2.11. The van der Waals surface area contributed by atoms with Gasteiger partial charge >= 0.3 is 0 Å². The van der Waals surface area contributed by atoms with Crippen LogP contribution in [0.25, 0.3) is 0 Å². The van der Waals surface area contributed by atoms with Crippen molar-refractivity contribution in [2.75, 3.05) is 5.75 Å². The molecule has 2 rings (SSSR count). The van der Waals surface area contributed by atoms with E-state index in [0.717, 1.165) is 12.2 Å². The zero-order chi connectivity index (χ0) is 7.52. The van der Waals surface area contributed by atoms with Crippen LogP contribution in [-0.2, 0) is 6.42 Å². The average molecular weight is 184 g/mol. The van der Waals surface area contributed by atoms with Crippen LogP contribution < -0.4 is 0 Å². The maximum Gasteiger partial charge on any atom is 0.0794 e. The maximum absolute atomic E-state index is 4.33. The van der Waals surface area contributed by atoms with Gasteiger partial charge in [0.05, 0.1) is 17.1 Å². The van der Waals surface area contributed by atoms with Gasteiger partial charge in [-0.3, -0.25) is 9.98 Å². The van der Waals surface area contributed by atoms with Crippen molar-refractivity contribution >= 4 is 28.6 Å². The Hall–Kier alpha value is -0.350. The van der Waals surface area contributed by atoms with Crippen molar-refractivity contribution < 1.29 is 0 Å². The van der Waals surface area contributed by atoms with Crippen LogP contribution in [-0.4, -0.2) is 22.3 Å². The molecule has 4 heteroatoms. The minimum absolute atomic E-state index is 0.500. The topological polar surface area (TPSA) is 25.2 Å². The molecule has 58 valence electrons. The number of aliphatic imine (C=N–C) groups is 1. The van der Waals surface area contributed by atoms with E-state index in [2.05, 4.69) is 9.98 Å². The fraction of sp³-hybridized carbons (Fsp3) is 0.429. The zero-order valence-corrected chi connectivity index (χ0v) is 7.57. The molecule has 0 saturated heterocycles. The summed E-state index contributed by atoms with van der Waals surface area (Å²) in [6.45, 7) is 0. The molecule has 2 heterocycles. The minimum Gasteiger partial charge on any atom is -0.282 e. The molecule has 1 unspecified atom stereocenters. The number of thiazole rings is 1. The molecule has 1 aliphatic rings. The molecule has 0 N–H and O–H groups in total. The van der Waals surface area contributed by atoms with E-state index in [-0.39, 0.29) is 0 Å². The Morgan fingerprint density at radius 2 is 2.64 bits per heavy atom. The first-order valence-electron chi connectivity index (χ1n) is 3.46. The molecule has 0 saturated carbocycles. The number of aromatic nitrogens is 1. The Kier molecular flexibility index (Phi) is 2.23. The van der Waals surface area contributed by atoms with Gasteiger partial charge in [-0.1, -0.05) is 0 Å². The molecule has 0 radical (unpaired) electrons. The smallest absolute Gasteiger partial charge is 0.0794 e. The third-order valence-electron chi connectivity index (χ3n) is 1.56. The fourth-order valence-corrected chi connectivity index (χ4v) is 2.45. The quantitative estimate of drug-likeness (QED) is 0.700. The van der Waals surface area contributed by atoms with Crippen molar-refractivity contribution in [3.8, 4) is 0 Å². The molecule has 1 aromatic rings. The summed E-state index contributed by atoms with van der Waals surface area (Å²) in [5.41, 5.74) is 3.83. The van der Waals surface area contributed by atoms with Gasteiger partial charge < -0.3 is 0 Å².